The van der Waals surface area contributed by atoms with E-state index < -0.39 is 21.0 Å². The Kier molecular flexibility index (Phi) is 6.92. The van der Waals surface area contributed by atoms with Gasteiger partial charge in [-0.15, -0.1) is 9.39 Å². The molecule has 0 heterocycles. The first-order valence-electron chi connectivity index (χ1n) is 8.19. The highest BCUT2D eigenvalue weighted by molar-refractivity contribution is 7.86. The Hall–Kier alpha value is -3.71. The van der Waals surface area contributed by atoms with E-state index >= 15 is 0 Å². The number of hydrogen-bond donors (Lipinski definition) is 2. The molecule has 2 aromatic carbocycles. The molecule has 12 nitrogen and oxygen atoms in total. The van der Waals surface area contributed by atoms with E-state index in [1.165, 1.54) is 26.4 Å². The molecule has 0 aliphatic carbocycles. The van der Waals surface area contributed by atoms with Gasteiger partial charge in [0, 0.05) is 11.6 Å². The molecule has 0 saturated carbocycles. The van der Waals surface area contributed by atoms with Crippen LogP contribution in [0.25, 0.3) is 0 Å². The van der Waals surface area contributed by atoms with Gasteiger partial charge < -0.3 is 15.2 Å². The van der Waals surface area contributed by atoms with Gasteiger partial charge in [-0.05, 0) is 19.1 Å². The largest absolute Gasteiger partial charge is 0.493 e. The third kappa shape index (κ3) is 5.21. The molecule has 0 aliphatic heterocycles. The summed E-state index contributed by atoms with van der Waals surface area (Å²) in [6, 6.07) is 8.05. The predicted octanol–water partition coefficient (Wildman–Crippen LogP) is 1.77. The van der Waals surface area contributed by atoms with Crippen LogP contribution in [0.2, 0.25) is 0 Å². The molecule has 0 bridgehead atoms. The number of nitro benzene ring substituents is 1. The van der Waals surface area contributed by atoms with Crippen molar-refractivity contribution in [3.8, 4) is 11.5 Å². The number of nitro groups is 1. The van der Waals surface area contributed by atoms with Gasteiger partial charge in [0.1, 0.15) is 0 Å². The van der Waals surface area contributed by atoms with Gasteiger partial charge in [-0.2, -0.15) is 8.42 Å². The van der Waals surface area contributed by atoms with Crippen LogP contribution in [0.5, 0.6) is 11.5 Å². The van der Waals surface area contributed by atoms with Crippen LogP contribution < -0.4 is 15.2 Å². The number of nitrogens with zero attached hydrogens (tertiary/aromatic N) is 3. The minimum atomic E-state index is -4.35. The first kappa shape index (κ1) is 22.6. The molecular formula is C17H19N5O7S. The predicted molar refractivity (Wildman–Crippen MR) is 107 cm³/mol. The average Bonchev–Trinajstić information content (AvgIpc) is 2.70. The van der Waals surface area contributed by atoms with Crippen LogP contribution in [-0.4, -0.2) is 44.9 Å². The number of ether oxygens (including phenoxy) is 2. The zero-order valence-electron chi connectivity index (χ0n) is 16.2. The Morgan fingerprint density at radius 2 is 1.87 bits per heavy atom. The molecule has 2 rings (SSSR count). The molecule has 2 aromatic rings. The molecule has 30 heavy (non-hydrogen) atoms. The van der Waals surface area contributed by atoms with Gasteiger partial charge >= 0.3 is 10.1 Å². The fraction of sp³-hybridized carbons (Fsp3) is 0.176. The number of hydrazone groups is 1. The normalized spacial score (nSPS) is 11.3. The molecule has 0 aromatic heterocycles. The molecule has 160 valence electrons. The fourth-order valence-corrected chi connectivity index (χ4v) is 3.12. The van der Waals surface area contributed by atoms with Crippen LogP contribution in [0.4, 0.5) is 5.69 Å². The van der Waals surface area contributed by atoms with Crippen molar-refractivity contribution < 1.29 is 27.1 Å². The van der Waals surface area contributed by atoms with Crippen molar-refractivity contribution in [2.24, 2.45) is 10.8 Å². The van der Waals surface area contributed by atoms with E-state index in [4.69, 9.17) is 24.9 Å². The molecule has 13 heteroatoms. The number of aryl methyl sites for hydroxylation is 1. The lowest BCUT2D eigenvalue weighted by atomic mass is 10.1. The third-order valence-electron chi connectivity index (χ3n) is 3.69. The molecule has 0 amide bonds. The Balaban J connectivity index is 2.41. The van der Waals surface area contributed by atoms with Crippen molar-refractivity contribution in [3.05, 3.63) is 57.6 Å². The Labute approximate surface area is 172 Å². The van der Waals surface area contributed by atoms with Gasteiger partial charge in [-0.25, -0.2) is 0 Å². The maximum absolute atomic E-state index is 12.4. The number of rotatable bonds is 8. The first-order valence-corrected chi connectivity index (χ1v) is 9.59. The minimum absolute atomic E-state index is 0.0516. The maximum atomic E-state index is 12.4. The third-order valence-corrected chi connectivity index (χ3v) is 4.88. The Bertz CT molecular complexity index is 1080. The average molecular weight is 437 g/mol. The van der Waals surface area contributed by atoms with Crippen molar-refractivity contribution in [2.75, 3.05) is 14.2 Å². The van der Waals surface area contributed by atoms with Gasteiger partial charge in [-0.1, -0.05) is 22.9 Å². The molecule has 0 unspecified atom stereocenters. The van der Waals surface area contributed by atoms with Gasteiger partial charge in [-0.3, -0.25) is 15.5 Å². The van der Waals surface area contributed by atoms with Crippen LogP contribution in [0.1, 0.15) is 11.1 Å². The zero-order valence-corrected chi connectivity index (χ0v) is 17.0. The molecule has 0 saturated heterocycles. The van der Waals surface area contributed by atoms with E-state index in [9.17, 15) is 18.5 Å². The smallest absolute Gasteiger partial charge is 0.319 e. The second-order valence-corrected chi connectivity index (χ2v) is 7.30. The lowest BCUT2D eigenvalue weighted by Gasteiger charge is -2.16. The topological polar surface area (TPSA) is 170 Å². The molecule has 0 fully saturated rings. The van der Waals surface area contributed by atoms with Crippen LogP contribution >= 0.6 is 0 Å². The molecule has 3 N–H and O–H groups in total. The number of benzene rings is 2. The maximum Gasteiger partial charge on any atom is 0.319 e. The van der Waals surface area contributed by atoms with Gasteiger partial charge in [0.05, 0.1) is 36.3 Å². The van der Waals surface area contributed by atoms with Gasteiger partial charge in [0.15, 0.2) is 11.5 Å². The highest BCUT2D eigenvalue weighted by Gasteiger charge is 2.22. The summed E-state index contributed by atoms with van der Waals surface area (Å²) < 4.78 is 39.9. The highest BCUT2D eigenvalue weighted by atomic mass is 32.2. The fourth-order valence-electron chi connectivity index (χ4n) is 2.26. The first-order chi connectivity index (χ1) is 14.1. The molecular weight excluding hydrogens is 418 g/mol. The van der Waals surface area contributed by atoms with E-state index in [-0.39, 0.29) is 32.8 Å². The number of non-ortho nitro benzene ring substituents is 1. The number of nitrogens with one attached hydrogen (secondary N) is 1. The molecule has 0 spiro atoms. The van der Waals surface area contributed by atoms with Crippen LogP contribution in [0.3, 0.4) is 0 Å². The molecule has 0 aliphatic rings. The van der Waals surface area contributed by atoms with E-state index in [0.29, 0.717) is 0 Å². The van der Waals surface area contributed by atoms with E-state index in [1.807, 2.05) is 0 Å². The van der Waals surface area contributed by atoms with Gasteiger partial charge in [0.25, 0.3) is 5.69 Å². The number of methoxy groups -OCH3 is 2. The standard InChI is InChI=1S/C17H19N5O7S/c1-11-4-6-14(7-5-11)30(25,26)29-21(17(18)19)20-10-12-8-13(22(23)24)9-15(27-2)16(12)28-3/h4-10H,1-3H3,(H3,18,19). The summed E-state index contributed by atoms with van der Waals surface area (Å²) in [6.45, 7) is 1.78. The van der Waals surface area contributed by atoms with E-state index in [1.54, 1.807) is 19.1 Å². The summed E-state index contributed by atoms with van der Waals surface area (Å²) in [5, 5.41) is 22.6. The Morgan fingerprint density at radius 3 is 2.37 bits per heavy atom. The van der Waals surface area contributed by atoms with Crippen molar-refractivity contribution >= 4 is 28.0 Å². The molecule has 0 radical (unpaired) electrons. The van der Waals surface area contributed by atoms with Crippen molar-refractivity contribution in [2.45, 2.75) is 11.8 Å². The lowest BCUT2D eigenvalue weighted by molar-refractivity contribution is -0.385. The SMILES string of the molecule is COc1cc([N+](=O)[O-])cc(C=NN(OS(=O)(=O)c2ccc(C)cc2)C(=N)N)c1OC. The van der Waals surface area contributed by atoms with E-state index in [2.05, 4.69) is 5.10 Å². The summed E-state index contributed by atoms with van der Waals surface area (Å²) in [5.74, 6) is -0.703. The van der Waals surface area contributed by atoms with Crippen LogP contribution in [0, 0.1) is 22.4 Å². The zero-order chi connectivity index (χ0) is 22.5. The summed E-state index contributed by atoms with van der Waals surface area (Å²) >= 11 is 0. The number of guanidine groups is 1. The number of hydroxylamine groups is 1. The lowest BCUT2D eigenvalue weighted by Crippen LogP contribution is -2.34. The number of nitrogens with two attached hydrogens (primary N) is 1. The molecule has 0 atom stereocenters. The summed E-state index contributed by atoms with van der Waals surface area (Å²) in [7, 11) is -1.75. The number of hydrogen-bond acceptors (Lipinski definition) is 9. The van der Waals surface area contributed by atoms with E-state index in [0.717, 1.165) is 23.9 Å². The summed E-state index contributed by atoms with van der Waals surface area (Å²) in [4.78, 5) is 10.3. The van der Waals surface area contributed by atoms with Crippen LogP contribution in [0.15, 0.2) is 46.4 Å². The quantitative estimate of drug-likeness (QED) is 0.270. The monoisotopic (exact) mass is 437 g/mol. The Morgan fingerprint density at radius 1 is 1.23 bits per heavy atom. The van der Waals surface area contributed by atoms with Crippen molar-refractivity contribution in [1.29, 1.82) is 5.41 Å². The van der Waals surface area contributed by atoms with Crippen LogP contribution in [-0.2, 0) is 14.4 Å². The summed E-state index contributed by atoms with van der Waals surface area (Å²) in [6.07, 6.45) is 0.987. The van der Waals surface area contributed by atoms with Gasteiger partial charge in [0.2, 0.25) is 5.96 Å². The second kappa shape index (κ2) is 9.19. The minimum Gasteiger partial charge on any atom is -0.493 e. The van der Waals surface area contributed by atoms with Crippen molar-refractivity contribution in [1.82, 2.24) is 5.17 Å². The second-order valence-electron chi connectivity index (χ2n) is 5.77. The van der Waals surface area contributed by atoms with Crippen molar-refractivity contribution in [3.63, 3.8) is 0 Å². The highest BCUT2D eigenvalue weighted by Crippen LogP contribution is 2.34. The summed E-state index contributed by atoms with van der Waals surface area (Å²) in [5.41, 5.74) is 5.93.